The molecule has 2 aliphatic heterocycles. The van der Waals surface area contributed by atoms with Gasteiger partial charge in [0.2, 0.25) is 11.8 Å². The van der Waals surface area contributed by atoms with Gasteiger partial charge in [-0.15, -0.1) is 0 Å². The van der Waals surface area contributed by atoms with E-state index >= 15 is 0 Å². The zero-order valence-corrected chi connectivity index (χ0v) is 20.4. The van der Waals surface area contributed by atoms with E-state index in [-0.39, 0.29) is 19.0 Å². The van der Waals surface area contributed by atoms with Gasteiger partial charge in [-0.2, -0.15) is 0 Å². The van der Waals surface area contributed by atoms with Crippen molar-refractivity contribution in [2.45, 2.75) is 51.4 Å². The SMILES string of the molecule is CCCCOCCCN1C[C@H]2N(C(=O)CN(C)N2C(=O)NCc2ccccc2)[C@@H](CC(=O)O)C1=O. The molecule has 2 heterocycles. The number of hydrazine groups is 1. The van der Waals surface area contributed by atoms with E-state index in [1.807, 2.05) is 30.3 Å². The molecular formula is C24H35N5O6. The van der Waals surface area contributed by atoms with Crippen molar-refractivity contribution >= 4 is 23.8 Å². The van der Waals surface area contributed by atoms with Gasteiger partial charge in [0, 0.05) is 33.4 Å². The molecule has 0 bridgehead atoms. The summed E-state index contributed by atoms with van der Waals surface area (Å²) in [6, 6.07) is 7.83. The fourth-order valence-electron chi connectivity index (χ4n) is 4.43. The van der Waals surface area contributed by atoms with Crippen molar-refractivity contribution in [2.24, 2.45) is 0 Å². The van der Waals surface area contributed by atoms with Crippen LogP contribution in [0.25, 0.3) is 0 Å². The number of hydrogen-bond acceptors (Lipinski definition) is 6. The molecule has 4 amide bonds. The van der Waals surface area contributed by atoms with Crippen molar-refractivity contribution in [1.29, 1.82) is 0 Å². The number of fused-ring (bicyclic) bond motifs is 1. The van der Waals surface area contributed by atoms with Crippen LogP contribution in [0.2, 0.25) is 0 Å². The summed E-state index contributed by atoms with van der Waals surface area (Å²) in [4.78, 5) is 53.7. The Balaban J connectivity index is 1.76. The maximum absolute atomic E-state index is 13.2. The first-order chi connectivity index (χ1) is 16.8. The van der Waals surface area contributed by atoms with Gasteiger partial charge >= 0.3 is 12.0 Å². The summed E-state index contributed by atoms with van der Waals surface area (Å²) in [7, 11) is 1.63. The molecule has 192 valence electrons. The van der Waals surface area contributed by atoms with E-state index < -0.39 is 36.5 Å². The maximum Gasteiger partial charge on any atom is 0.334 e. The van der Waals surface area contributed by atoms with Crippen LogP contribution in [0.15, 0.2) is 30.3 Å². The summed E-state index contributed by atoms with van der Waals surface area (Å²) in [6.07, 6.45) is 1.24. The number of hydrogen-bond donors (Lipinski definition) is 2. The number of nitrogens with one attached hydrogen (secondary N) is 1. The molecule has 0 saturated carbocycles. The molecule has 1 aromatic rings. The Morgan fingerprint density at radius 3 is 2.54 bits per heavy atom. The molecule has 1 aromatic carbocycles. The Hall–Kier alpha value is -3.18. The Morgan fingerprint density at radius 2 is 1.86 bits per heavy atom. The third-order valence-corrected chi connectivity index (χ3v) is 6.16. The second-order valence-electron chi connectivity index (χ2n) is 8.80. The van der Waals surface area contributed by atoms with Crippen LogP contribution in [-0.2, 0) is 25.7 Å². The number of amides is 4. The van der Waals surface area contributed by atoms with Gasteiger partial charge in [-0.05, 0) is 18.4 Å². The quantitative estimate of drug-likeness (QED) is 0.447. The van der Waals surface area contributed by atoms with Crippen LogP contribution in [0, 0.1) is 0 Å². The first-order valence-corrected chi connectivity index (χ1v) is 12.0. The molecule has 11 heteroatoms. The van der Waals surface area contributed by atoms with Gasteiger partial charge in [-0.3, -0.25) is 14.4 Å². The molecule has 2 fully saturated rings. The topological polar surface area (TPSA) is 123 Å². The second kappa shape index (κ2) is 12.5. The number of carbonyl (C=O) groups is 4. The van der Waals surface area contributed by atoms with Gasteiger partial charge in [0.1, 0.15) is 12.2 Å². The number of urea groups is 1. The van der Waals surface area contributed by atoms with Gasteiger partial charge < -0.3 is 25.0 Å². The van der Waals surface area contributed by atoms with Crippen molar-refractivity contribution < 1.29 is 29.0 Å². The number of rotatable bonds is 11. The molecule has 0 spiro atoms. The van der Waals surface area contributed by atoms with E-state index in [0.29, 0.717) is 32.7 Å². The molecule has 2 N–H and O–H groups in total. The van der Waals surface area contributed by atoms with E-state index in [9.17, 15) is 24.3 Å². The predicted octanol–water partition coefficient (Wildman–Crippen LogP) is 1.11. The summed E-state index contributed by atoms with van der Waals surface area (Å²) in [6.45, 7) is 3.81. The minimum absolute atomic E-state index is 0.0960. The number of ether oxygens (including phenoxy) is 1. The fraction of sp³-hybridized carbons (Fsp3) is 0.583. The molecular weight excluding hydrogens is 454 g/mol. The van der Waals surface area contributed by atoms with Crippen molar-refractivity contribution in [3.63, 3.8) is 0 Å². The van der Waals surface area contributed by atoms with Gasteiger partial charge in [0.15, 0.2) is 0 Å². The van der Waals surface area contributed by atoms with Crippen LogP contribution in [0.4, 0.5) is 4.79 Å². The zero-order valence-electron chi connectivity index (χ0n) is 20.4. The van der Waals surface area contributed by atoms with Crippen molar-refractivity contribution in [2.75, 3.05) is 39.9 Å². The molecule has 0 aliphatic carbocycles. The van der Waals surface area contributed by atoms with E-state index in [0.717, 1.165) is 18.4 Å². The van der Waals surface area contributed by atoms with Crippen LogP contribution in [0.3, 0.4) is 0 Å². The Bertz CT molecular complexity index is 898. The minimum Gasteiger partial charge on any atom is -0.481 e. The summed E-state index contributed by atoms with van der Waals surface area (Å²) in [5.41, 5.74) is 0.917. The number of carboxylic acid groups (broad SMARTS) is 1. The smallest absolute Gasteiger partial charge is 0.334 e. The van der Waals surface area contributed by atoms with Crippen LogP contribution >= 0.6 is 0 Å². The third-order valence-electron chi connectivity index (χ3n) is 6.16. The third kappa shape index (κ3) is 6.70. The van der Waals surface area contributed by atoms with E-state index in [1.165, 1.54) is 14.9 Å². The molecule has 11 nitrogen and oxygen atoms in total. The summed E-state index contributed by atoms with van der Waals surface area (Å²) < 4.78 is 5.59. The zero-order chi connectivity index (χ0) is 25.4. The molecule has 2 aliphatic rings. The van der Waals surface area contributed by atoms with Gasteiger partial charge in [-0.25, -0.2) is 14.8 Å². The predicted molar refractivity (Wildman–Crippen MR) is 127 cm³/mol. The molecule has 3 rings (SSSR count). The standard InChI is InChI=1S/C24H35N5O6/c1-3-4-12-35-13-8-11-27-16-20-28(19(23(27)33)14-22(31)32)21(30)17-26(2)29(20)24(34)25-15-18-9-6-5-7-10-18/h5-7,9-10,19-20H,3-4,8,11-17H2,1-2H3,(H,25,34)(H,31,32)/t19-,20-/m0/s1. The minimum atomic E-state index is -1.18. The first kappa shape index (κ1) is 26.4. The number of benzene rings is 1. The number of aliphatic carboxylic acids is 1. The highest BCUT2D eigenvalue weighted by atomic mass is 16.5. The highest BCUT2D eigenvalue weighted by molar-refractivity contribution is 5.93. The fourth-order valence-corrected chi connectivity index (χ4v) is 4.43. The van der Waals surface area contributed by atoms with Gasteiger partial charge in [0.05, 0.1) is 19.5 Å². The number of piperazine rings is 1. The largest absolute Gasteiger partial charge is 0.481 e. The maximum atomic E-state index is 13.2. The van der Waals surface area contributed by atoms with Crippen molar-refractivity contribution in [3.8, 4) is 0 Å². The molecule has 0 unspecified atom stereocenters. The molecule has 2 atom stereocenters. The lowest BCUT2D eigenvalue weighted by Crippen LogP contribution is -2.76. The second-order valence-corrected chi connectivity index (χ2v) is 8.80. The molecule has 0 radical (unpaired) electrons. The summed E-state index contributed by atoms with van der Waals surface area (Å²) in [5.74, 6) is -1.98. The van der Waals surface area contributed by atoms with E-state index in [1.54, 1.807) is 11.9 Å². The Kier molecular flexibility index (Phi) is 9.44. The summed E-state index contributed by atoms with van der Waals surface area (Å²) in [5, 5.41) is 15.2. The molecule has 2 saturated heterocycles. The molecule has 0 aromatic heterocycles. The van der Waals surface area contributed by atoms with Gasteiger partial charge in [0.25, 0.3) is 0 Å². The number of carbonyl (C=O) groups excluding carboxylic acids is 3. The number of carboxylic acids is 1. The van der Waals surface area contributed by atoms with Crippen LogP contribution in [-0.4, -0.2) is 101 Å². The van der Waals surface area contributed by atoms with E-state index in [4.69, 9.17) is 4.74 Å². The summed E-state index contributed by atoms with van der Waals surface area (Å²) >= 11 is 0. The number of unbranched alkanes of at least 4 members (excludes halogenated alkanes) is 1. The lowest BCUT2D eigenvalue weighted by atomic mass is 10.0. The normalized spacial score (nSPS) is 20.7. The van der Waals surface area contributed by atoms with Crippen LogP contribution in [0.1, 0.15) is 38.2 Å². The Morgan fingerprint density at radius 1 is 1.14 bits per heavy atom. The highest BCUT2D eigenvalue weighted by Gasteiger charge is 2.51. The van der Waals surface area contributed by atoms with Crippen LogP contribution in [0.5, 0.6) is 0 Å². The van der Waals surface area contributed by atoms with Gasteiger partial charge in [-0.1, -0.05) is 43.7 Å². The lowest BCUT2D eigenvalue weighted by Gasteiger charge is -2.54. The van der Waals surface area contributed by atoms with Crippen molar-refractivity contribution in [1.82, 2.24) is 25.1 Å². The first-order valence-electron chi connectivity index (χ1n) is 12.0. The molecule has 35 heavy (non-hydrogen) atoms. The lowest BCUT2D eigenvalue weighted by molar-refractivity contribution is -0.188. The highest BCUT2D eigenvalue weighted by Crippen LogP contribution is 2.27. The average Bonchev–Trinajstić information content (AvgIpc) is 2.82. The van der Waals surface area contributed by atoms with E-state index in [2.05, 4.69) is 12.2 Å². The average molecular weight is 490 g/mol. The number of likely N-dealkylation sites (N-methyl/N-ethyl adjacent to an activating group) is 1. The van der Waals surface area contributed by atoms with Crippen molar-refractivity contribution in [3.05, 3.63) is 35.9 Å². The Labute approximate surface area is 205 Å². The number of nitrogens with zero attached hydrogens (tertiary/aromatic N) is 4. The monoisotopic (exact) mass is 489 g/mol. The van der Waals surface area contributed by atoms with Crippen LogP contribution < -0.4 is 5.32 Å².